The van der Waals surface area contributed by atoms with Crippen molar-refractivity contribution in [3.8, 4) is 0 Å². The van der Waals surface area contributed by atoms with Crippen LogP contribution in [0.1, 0.15) is 47.5 Å². The van der Waals surface area contributed by atoms with Crippen molar-refractivity contribution in [2.45, 2.75) is 59.5 Å². The number of hydrogen-bond acceptors (Lipinski definition) is 4. The molecular weight excluding hydrogens is 310 g/mol. The maximum absolute atomic E-state index is 12.7. The van der Waals surface area contributed by atoms with E-state index in [2.05, 4.69) is 13.8 Å². The standard InChI is InChI=1S/C17H33N3O2S/c1-12(2)13(18)7-8-19(6)16(22)14-10-23-11-20(14)15(21)9-17(3,4)5/h12-14H,7-11,18H2,1-6H3. The maximum atomic E-state index is 12.7. The minimum Gasteiger partial charge on any atom is -0.344 e. The molecule has 2 amide bonds. The van der Waals surface area contributed by atoms with Crippen LogP contribution in [0.2, 0.25) is 0 Å². The molecule has 0 aromatic heterocycles. The Labute approximate surface area is 145 Å². The predicted octanol–water partition coefficient (Wildman–Crippen LogP) is 2.16. The van der Waals surface area contributed by atoms with Crippen LogP contribution in [0.4, 0.5) is 0 Å². The van der Waals surface area contributed by atoms with Crippen molar-refractivity contribution in [2.24, 2.45) is 17.1 Å². The average molecular weight is 344 g/mol. The predicted molar refractivity (Wildman–Crippen MR) is 97.1 cm³/mol. The van der Waals surface area contributed by atoms with Gasteiger partial charge < -0.3 is 15.5 Å². The average Bonchev–Trinajstić information content (AvgIpc) is 2.90. The lowest BCUT2D eigenvalue weighted by molar-refractivity contribution is -0.143. The number of carbonyl (C=O) groups is 2. The molecule has 6 heteroatoms. The van der Waals surface area contributed by atoms with Crippen molar-refractivity contribution >= 4 is 23.6 Å². The summed E-state index contributed by atoms with van der Waals surface area (Å²) in [4.78, 5) is 28.6. The summed E-state index contributed by atoms with van der Waals surface area (Å²) in [6, 6.07) is -0.225. The molecule has 1 heterocycles. The monoisotopic (exact) mass is 343 g/mol. The molecule has 0 aromatic carbocycles. The van der Waals surface area contributed by atoms with Crippen molar-refractivity contribution in [2.75, 3.05) is 25.2 Å². The molecule has 1 fully saturated rings. The highest BCUT2D eigenvalue weighted by atomic mass is 32.2. The SMILES string of the molecule is CC(C)C(N)CCN(C)C(=O)C1CSCN1C(=O)CC(C)(C)C. The van der Waals surface area contributed by atoms with Gasteiger partial charge in [-0.2, -0.15) is 0 Å². The third kappa shape index (κ3) is 6.34. The fraction of sp³-hybridized carbons (Fsp3) is 0.882. The normalized spacial score (nSPS) is 20.0. The zero-order valence-electron chi connectivity index (χ0n) is 15.5. The van der Waals surface area contributed by atoms with Gasteiger partial charge >= 0.3 is 0 Å². The molecule has 134 valence electrons. The molecule has 1 aliphatic heterocycles. The summed E-state index contributed by atoms with van der Waals surface area (Å²) in [5.74, 6) is 1.83. The zero-order valence-corrected chi connectivity index (χ0v) is 16.3. The van der Waals surface area contributed by atoms with Gasteiger partial charge in [0.25, 0.3) is 0 Å². The number of rotatable bonds is 6. The fourth-order valence-corrected chi connectivity index (χ4v) is 3.66. The first-order valence-corrected chi connectivity index (χ1v) is 9.56. The van der Waals surface area contributed by atoms with Crippen LogP contribution < -0.4 is 5.73 Å². The quantitative estimate of drug-likeness (QED) is 0.802. The van der Waals surface area contributed by atoms with E-state index in [0.29, 0.717) is 30.5 Å². The third-order valence-electron chi connectivity index (χ3n) is 4.20. The number of amides is 2. The highest BCUT2D eigenvalue weighted by molar-refractivity contribution is 7.99. The summed E-state index contributed by atoms with van der Waals surface area (Å²) in [5.41, 5.74) is 6.00. The van der Waals surface area contributed by atoms with Crippen LogP contribution in [0, 0.1) is 11.3 Å². The van der Waals surface area contributed by atoms with Gasteiger partial charge in [0.15, 0.2) is 0 Å². The first kappa shape index (κ1) is 20.3. The topological polar surface area (TPSA) is 66.6 Å². The van der Waals surface area contributed by atoms with Gasteiger partial charge in [-0.25, -0.2) is 0 Å². The van der Waals surface area contributed by atoms with E-state index in [1.807, 2.05) is 27.8 Å². The molecule has 0 spiro atoms. The van der Waals surface area contributed by atoms with E-state index in [1.165, 1.54) is 0 Å². The number of thioether (sulfide) groups is 1. The Morgan fingerprint density at radius 1 is 1.35 bits per heavy atom. The van der Waals surface area contributed by atoms with E-state index >= 15 is 0 Å². The van der Waals surface area contributed by atoms with Crippen molar-refractivity contribution in [3.63, 3.8) is 0 Å². The Bertz CT molecular complexity index is 421. The first-order valence-electron chi connectivity index (χ1n) is 8.40. The molecule has 1 rings (SSSR count). The van der Waals surface area contributed by atoms with E-state index in [9.17, 15) is 9.59 Å². The molecule has 1 saturated heterocycles. The van der Waals surface area contributed by atoms with Crippen LogP contribution in [0.5, 0.6) is 0 Å². The molecule has 23 heavy (non-hydrogen) atoms. The van der Waals surface area contributed by atoms with Crippen LogP contribution in [-0.4, -0.2) is 58.9 Å². The van der Waals surface area contributed by atoms with Gasteiger partial charge in [0.2, 0.25) is 11.8 Å². The molecule has 0 aliphatic carbocycles. The molecule has 0 bridgehead atoms. The van der Waals surface area contributed by atoms with Crippen molar-refractivity contribution in [3.05, 3.63) is 0 Å². The Hall–Kier alpha value is -0.750. The van der Waals surface area contributed by atoms with Crippen molar-refractivity contribution in [1.29, 1.82) is 0 Å². The van der Waals surface area contributed by atoms with Crippen LogP contribution in [-0.2, 0) is 9.59 Å². The third-order valence-corrected chi connectivity index (χ3v) is 5.21. The van der Waals surface area contributed by atoms with Gasteiger partial charge in [0, 0.05) is 31.8 Å². The molecule has 2 N–H and O–H groups in total. The lowest BCUT2D eigenvalue weighted by Crippen LogP contribution is -2.49. The number of likely N-dealkylation sites (N-methyl/N-ethyl adjacent to an activating group) is 1. The molecule has 0 saturated carbocycles. The number of hydrogen-bond donors (Lipinski definition) is 1. The summed E-state index contributed by atoms with van der Waals surface area (Å²) in [7, 11) is 1.81. The molecule has 5 nitrogen and oxygen atoms in total. The summed E-state index contributed by atoms with van der Waals surface area (Å²) < 4.78 is 0. The highest BCUT2D eigenvalue weighted by Gasteiger charge is 2.37. The largest absolute Gasteiger partial charge is 0.344 e. The van der Waals surface area contributed by atoms with E-state index in [0.717, 1.165) is 6.42 Å². The molecule has 0 aromatic rings. The Kier molecular flexibility index (Phi) is 7.39. The van der Waals surface area contributed by atoms with Crippen LogP contribution in [0.25, 0.3) is 0 Å². The second-order valence-corrected chi connectivity index (χ2v) is 9.07. The van der Waals surface area contributed by atoms with Gasteiger partial charge in [-0.15, -0.1) is 11.8 Å². The van der Waals surface area contributed by atoms with Gasteiger partial charge in [-0.05, 0) is 17.8 Å². The lowest BCUT2D eigenvalue weighted by Gasteiger charge is -2.30. The maximum Gasteiger partial charge on any atom is 0.246 e. The van der Waals surface area contributed by atoms with E-state index in [-0.39, 0.29) is 29.3 Å². The van der Waals surface area contributed by atoms with Gasteiger partial charge in [-0.3, -0.25) is 9.59 Å². The summed E-state index contributed by atoms with van der Waals surface area (Å²) >= 11 is 1.65. The van der Waals surface area contributed by atoms with Gasteiger partial charge in [-0.1, -0.05) is 34.6 Å². The smallest absolute Gasteiger partial charge is 0.246 e. The van der Waals surface area contributed by atoms with Crippen LogP contribution >= 0.6 is 11.8 Å². The van der Waals surface area contributed by atoms with Gasteiger partial charge in [0.05, 0.1) is 5.88 Å². The number of nitrogens with two attached hydrogens (primary N) is 1. The molecule has 0 radical (unpaired) electrons. The number of nitrogens with zero attached hydrogens (tertiary/aromatic N) is 2. The minimum absolute atomic E-state index is 0.0354. The second kappa shape index (κ2) is 8.38. The molecule has 1 aliphatic rings. The summed E-state index contributed by atoms with van der Waals surface area (Å²) in [6.07, 6.45) is 1.26. The van der Waals surface area contributed by atoms with E-state index in [4.69, 9.17) is 5.73 Å². The molecule has 2 unspecified atom stereocenters. The minimum atomic E-state index is -0.324. The molecular formula is C17H33N3O2S. The Morgan fingerprint density at radius 3 is 2.48 bits per heavy atom. The van der Waals surface area contributed by atoms with Crippen LogP contribution in [0.15, 0.2) is 0 Å². The van der Waals surface area contributed by atoms with E-state index < -0.39 is 0 Å². The van der Waals surface area contributed by atoms with Crippen LogP contribution in [0.3, 0.4) is 0 Å². The first-order chi connectivity index (χ1) is 10.5. The van der Waals surface area contributed by atoms with Crippen molar-refractivity contribution < 1.29 is 9.59 Å². The van der Waals surface area contributed by atoms with E-state index in [1.54, 1.807) is 21.6 Å². The highest BCUT2D eigenvalue weighted by Crippen LogP contribution is 2.27. The Morgan fingerprint density at radius 2 is 1.96 bits per heavy atom. The number of carbonyl (C=O) groups excluding carboxylic acids is 2. The zero-order chi connectivity index (χ0) is 17.8. The fourth-order valence-electron chi connectivity index (χ4n) is 2.49. The Balaban J connectivity index is 2.61. The lowest BCUT2D eigenvalue weighted by atomic mass is 9.91. The van der Waals surface area contributed by atoms with Gasteiger partial charge in [0.1, 0.15) is 6.04 Å². The summed E-state index contributed by atoms with van der Waals surface area (Å²) in [6.45, 7) is 11.0. The molecule has 2 atom stereocenters. The van der Waals surface area contributed by atoms with Crippen molar-refractivity contribution in [1.82, 2.24) is 9.80 Å². The second-order valence-electron chi connectivity index (χ2n) is 8.07. The summed E-state index contributed by atoms with van der Waals surface area (Å²) in [5, 5.41) is 0.